The number of nitrogens with zero attached hydrogens (tertiary/aromatic N) is 1. The lowest BCUT2D eigenvalue weighted by Gasteiger charge is -2.32. The predicted octanol–water partition coefficient (Wildman–Crippen LogP) is 4.84. The van der Waals surface area contributed by atoms with Gasteiger partial charge in [-0.2, -0.15) is 0 Å². The SMILES string of the molecule is O=C(Nc1ccccc1)[C@@H]1CCCN(Cc2ccc(Cl)cc2Cl)C1. The molecule has 1 saturated heterocycles. The normalized spacial score (nSPS) is 18.3. The highest BCUT2D eigenvalue weighted by Crippen LogP contribution is 2.25. The number of piperidine rings is 1. The first-order valence-electron chi connectivity index (χ1n) is 8.14. The lowest BCUT2D eigenvalue weighted by Crippen LogP contribution is -2.40. The predicted molar refractivity (Wildman–Crippen MR) is 99.5 cm³/mol. The smallest absolute Gasteiger partial charge is 0.228 e. The molecule has 1 fully saturated rings. The standard InChI is InChI=1S/C19H20Cl2N2O/c20-16-9-8-14(18(21)11-16)12-23-10-4-5-15(13-23)19(24)22-17-6-2-1-3-7-17/h1-3,6-9,11,15H,4-5,10,12-13H2,(H,22,24)/t15-/m1/s1. The Hall–Kier alpha value is -1.55. The molecule has 2 aromatic carbocycles. The van der Waals surface area contributed by atoms with Crippen LogP contribution in [0.25, 0.3) is 0 Å². The highest BCUT2D eigenvalue weighted by molar-refractivity contribution is 6.35. The fourth-order valence-electron chi connectivity index (χ4n) is 3.07. The van der Waals surface area contributed by atoms with Crippen LogP contribution in [0.4, 0.5) is 5.69 Å². The molecule has 126 valence electrons. The van der Waals surface area contributed by atoms with Gasteiger partial charge in [0.1, 0.15) is 0 Å². The van der Waals surface area contributed by atoms with E-state index in [-0.39, 0.29) is 11.8 Å². The molecule has 0 saturated carbocycles. The van der Waals surface area contributed by atoms with Crippen molar-refractivity contribution in [1.29, 1.82) is 0 Å². The Balaban J connectivity index is 1.60. The number of halogens is 2. The molecule has 3 nitrogen and oxygen atoms in total. The average Bonchev–Trinajstić information content (AvgIpc) is 2.59. The number of rotatable bonds is 4. The summed E-state index contributed by atoms with van der Waals surface area (Å²) in [5.74, 6) is 0.0955. The second-order valence-electron chi connectivity index (χ2n) is 6.17. The van der Waals surface area contributed by atoms with Crippen LogP contribution in [-0.2, 0) is 11.3 Å². The van der Waals surface area contributed by atoms with Crippen LogP contribution in [0.5, 0.6) is 0 Å². The van der Waals surface area contributed by atoms with E-state index < -0.39 is 0 Å². The summed E-state index contributed by atoms with van der Waals surface area (Å²) >= 11 is 12.2. The Bertz CT molecular complexity index is 706. The van der Waals surface area contributed by atoms with Gasteiger partial charge in [-0.1, -0.05) is 47.5 Å². The van der Waals surface area contributed by atoms with Gasteiger partial charge < -0.3 is 5.32 Å². The molecule has 1 aliphatic rings. The minimum Gasteiger partial charge on any atom is -0.326 e. The Morgan fingerprint density at radius 2 is 1.96 bits per heavy atom. The number of carbonyl (C=O) groups excluding carboxylic acids is 1. The highest BCUT2D eigenvalue weighted by atomic mass is 35.5. The van der Waals surface area contributed by atoms with Crippen LogP contribution in [0.1, 0.15) is 18.4 Å². The molecule has 5 heteroatoms. The topological polar surface area (TPSA) is 32.3 Å². The molecule has 0 bridgehead atoms. The van der Waals surface area contributed by atoms with Gasteiger partial charge in [0.05, 0.1) is 5.92 Å². The third kappa shape index (κ3) is 4.50. The minimum atomic E-state index is 0.00466. The number of nitrogens with one attached hydrogen (secondary N) is 1. The van der Waals surface area contributed by atoms with Crippen molar-refractivity contribution in [2.45, 2.75) is 19.4 Å². The quantitative estimate of drug-likeness (QED) is 0.843. The third-order valence-electron chi connectivity index (χ3n) is 4.33. The summed E-state index contributed by atoms with van der Waals surface area (Å²) in [6.45, 7) is 2.47. The summed E-state index contributed by atoms with van der Waals surface area (Å²) in [5.41, 5.74) is 1.89. The van der Waals surface area contributed by atoms with Crippen molar-refractivity contribution in [3.05, 3.63) is 64.1 Å². The van der Waals surface area contributed by atoms with Gasteiger partial charge in [-0.3, -0.25) is 9.69 Å². The Morgan fingerprint density at radius 1 is 1.17 bits per heavy atom. The van der Waals surface area contributed by atoms with Crippen LogP contribution in [-0.4, -0.2) is 23.9 Å². The van der Waals surface area contributed by atoms with Gasteiger partial charge in [0, 0.05) is 28.8 Å². The molecule has 1 aliphatic heterocycles. The number of hydrogen-bond acceptors (Lipinski definition) is 2. The molecular formula is C19H20Cl2N2O. The van der Waals surface area contributed by atoms with Crippen LogP contribution in [0.2, 0.25) is 10.0 Å². The fraction of sp³-hybridized carbons (Fsp3) is 0.316. The summed E-state index contributed by atoms with van der Waals surface area (Å²) in [4.78, 5) is 14.8. The van der Waals surface area contributed by atoms with Gasteiger partial charge in [0.15, 0.2) is 0 Å². The second-order valence-corrected chi connectivity index (χ2v) is 7.01. The molecule has 2 aromatic rings. The highest BCUT2D eigenvalue weighted by Gasteiger charge is 2.26. The van der Waals surface area contributed by atoms with E-state index >= 15 is 0 Å². The van der Waals surface area contributed by atoms with Gasteiger partial charge in [-0.05, 0) is 49.2 Å². The molecule has 1 amide bonds. The number of anilines is 1. The molecule has 1 N–H and O–H groups in total. The fourth-order valence-corrected chi connectivity index (χ4v) is 3.54. The van der Waals surface area contributed by atoms with E-state index in [0.29, 0.717) is 10.0 Å². The first-order valence-corrected chi connectivity index (χ1v) is 8.89. The van der Waals surface area contributed by atoms with Crippen molar-refractivity contribution in [2.24, 2.45) is 5.92 Å². The maximum Gasteiger partial charge on any atom is 0.228 e. The van der Waals surface area contributed by atoms with E-state index in [9.17, 15) is 4.79 Å². The zero-order valence-electron chi connectivity index (χ0n) is 13.3. The van der Waals surface area contributed by atoms with Gasteiger partial charge in [0.25, 0.3) is 0 Å². The van der Waals surface area contributed by atoms with Gasteiger partial charge in [-0.25, -0.2) is 0 Å². The zero-order valence-corrected chi connectivity index (χ0v) is 14.9. The summed E-state index contributed by atoms with van der Waals surface area (Å²) in [5, 5.41) is 4.33. The number of benzene rings is 2. The van der Waals surface area contributed by atoms with E-state index in [2.05, 4.69) is 10.2 Å². The van der Waals surface area contributed by atoms with Crippen molar-refractivity contribution in [3.63, 3.8) is 0 Å². The van der Waals surface area contributed by atoms with Crippen LogP contribution < -0.4 is 5.32 Å². The van der Waals surface area contributed by atoms with Gasteiger partial charge >= 0.3 is 0 Å². The monoisotopic (exact) mass is 362 g/mol. The van der Waals surface area contributed by atoms with Crippen molar-refractivity contribution in [1.82, 2.24) is 4.90 Å². The van der Waals surface area contributed by atoms with Crippen LogP contribution in [0, 0.1) is 5.92 Å². The molecule has 0 aliphatic carbocycles. The average molecular weight is 363 g/mol. The molecule has 1 atom stereocenters. The van der Waals surface area contributed by atoms with Crippen LogP contribution in [0.15, 0.2) is 48.5 Å². The maximum absolute atomic E-state index is 12.5. The first kappa shape index (κ1) is 17.3. The van der Waals surface area contributed by atoms with Crippen molar-refractivity contribution in [2.75, 3.05) is 18.4 Å². The van der Waals surface area contributed by atoms with Crippen molar-refractivity contribution < 1.29 is 4.79 Å². The number of hydrogen-bond donors (Lipinski definition) is 1. The minimum absolute atomic E-state index is 0.00466. The lowest BCUT2D eigenvalue weighted by atomic mass is 9.96. The van der Waals surface area contributed by atoms with Crippen molar-refractivity contribution in [3.8, 4) is 0 Å². The zero-order chi connectivity index (χ0) is 16.9. The second kappa shape index (κ2) is 8.02. The summed E-state index contributed by atoms with van der Waals surface area (Å²) in [6, 6.07) is 15.2. The molecule has 0 aromatic heterocycles. The van der Waals surface area contributed by atoms with Crippen molar-refractivity contribution >= 4 is 34.8 Å². The first-order chi connectivity index (χ1) is 11.6. The molecule has 24 heavy (non-hydrogen) atoms. The number of carbonyl (C=O) groups is 1. The lowest BCUT2D eigenvalue weighted by molar-refractivity contribution is -0.121. The molecule has 0 spiro atoms. The number of amides is 1. The molecule has 1 heterocycles. The number of likely N-dealkylation sites (tertiary alicyclic amines) is 1. The van der Waals surface area contributed by atoms with Crippen LogP contribution >= 0.6 is 23.2 Å². The van der Waals surface area contributed by atoms with E-state index in [0.717, 1.165) is 43.7 Å². The summed E-state index contributed by atoms with van der Waals surface area (Å²) < 4.78 is 0. The molecule has 0 unspecified atom stereocenters. The molecule has 3 rings (SSSR count). The number of para-hydroxylation sites is 1. The van der Waals surface area contributed by atoms with Gasteiger partial charge in [0.2, 0.25) is 5.91 Å². The summed E-state index contributed by atoms with van der Waals surface area (Å²) in [6.07, 6.45) is 1.93. The van der Waals surface area contributed by atoms with Crippen LogP contribution in [0.3, 0.4) is 0 Å². The largest absolute Gasteiger partial charge is 0.326 e. The van der Waals surface area contributed by atoms with E-state index in [1.807, 2.05) is 42.5 Å². The molecular weight excluding hydrogens is 343 g/mol. The maximum atomic E-state index is 12.5. The van der Waals surface area contributed by atoms with E-state index in [1.54, 1.807) is 6.07 Å². The van der Waals surface area contributed by atoms with E-state index in [4.69, 9.17) is 23.2 Å². The Morgan fingerprint density at radius 3 is 2.71 bits per heavy atom. The van der Waals surface area contributed by atoms with E-state index in [1.165, 1.54) is 0 Å². The molecule has 0 radical (unpaired) electrons. The Labute approximate surface area is 152 Å². The summed E-state index contributed by atoms with van der Waals surface area (Å²) in [7, 11) is 0. The third-order valence-corrected chi connectivity index (χ3v) is 4.91. The Kier molecular flexibility index (Phi) is 5.77. The van der Waals surface area contributed by atoms with Gasteiger partial charge in [-0.15, -0.1) is 0 Å².